The highest BCUT2D eigenvalue weighted by Gasteiger charge is 2.10. The molecule has 2 aromatic heterocycles. The first-order valence-corrected chi connectivity index (χ1v) is 8.87. The van der Waals surface area contributed by atoms with Crippen LogP contribution in [-0.2, 0) is 13.1 Å². The van der Waals surface area contributed by atoms with Crippen molar-refractivity contribution in [2.24, 2.45) is 0 Å². The van der Waals surface area contributed by atoms with Crippen LogP contribution in [0.5, 0.6) is 5.75 Å². The summed E-state index contributed by atoms with van der Waals surface area (Å²) >= 11 is 0. The van der Waals surface area contributed by atoms with E-state index in [2.05, 4.69) is 34.3 Å². The van der Waals surface area contributed by atoms with Crippen molar-refractivity contribution in [1.82, 2.24) is 20.3 Å². The van der Waals surface area contributed by atoms with E-state index in [1.54, 1.807) is 19.5 Å². The normalized spacial score (nSPS) is 10.7. The van der Waals surface area contributed by atoms with Crippen LogP contribution in [0, 0.1) is 6.92 Å². The van der Waals surface area contributed by atoms with Gasteiger partial charge in [0.05, 0.1) is 12.8 Å². The standard InChI is InChI=1S/C21H25N5O/c1-15-7-5-8-16(20(15)27-4)12-23-14-18-11-19(26(2)3)25-21(24-18)17-9-6-10-22-13-17/h5-11,13,23H,12,14H2,1-4H3. The number of aryl methyl sites for hydroxylation is 1. The summed E-state index contributed by atoms with van der Waals surface area (Å²) in [7, 11) is 5.66. The summed E-state index contributed by atoms with van der Waals surface area (Å²) in [6.07, 6.45) is 3.53. The Balaban J connectivity index is 1.79. The minimum absolute atomic E-state index is 0.633. The Morgan fingerprint density at radius 1 is 1.07 bits per heavy atom. The molecule has 140 valence electrons. The van der Waals surface area contributed by atoms with Gasteiger partial charge in [0.15, 0.2) is 5.82 Å². The number of nitrogens with zero attached hydrogens (tertiary/aromatic N) is 4. The van der Waals surface area contributed by atoms with Gasteiger partial charge in [0.25, 0.3) is 0 Å². The number of rotatable bonds is 7. The summed E-state index contributed by atoms with van der Waals surface area (Å²) in [5.41, 5.74) is 4.10. The number of aromatic nitrogens is 3. The summed E-state index contributed by atoms with van der Waals surface area (Å²) in [4.78, 5) is 15.5. The van der Waals surface area contributed by atoms with Gasteiger partial charge in [-0.25, -0.2) is 9.97 Å². The van der Waals surface area contributed by atoms with E-state index in [0.29, 0.717) is 18.9 Å². The maximum absolute atomic E-state index is 5.53. The van der Waals surface area contributed by atoms with Gasteiger partial charge < -0.3 is 15.0 Å². The topological polar surface area (TPSA) is 63.2 Å². The monoisotopic (exact) mass is 363 g/mol. The lowest BCUT2D eigenvalue weighted by Gasteiger charge is -2.15. The number of methoxy groups -OCH3 is 1. The Kier molecular flexibility index (Phi) is 5.98. The van der Waals surface area contributed by atoms with Crippen molar-refractivity contribution < 1.29 is 4.74 Å². The molecule has 27 heavy (non-hydrogen) atoms. The predicted molar refractivity (Wildman–Crippen MR) is 108 cm³/mol. The molecule has 1 N–H and O–H groups in total. The highest BCUT2D eigenvalue weighted by Crippen LogP contribution is 2.23. The van der Waals surface area contributed by atoms with Crippen molar-refractivity contribution in [3.05, 3.63) is 65.6 Å². The van der Waals surface area contributed by atoms with Crippen LogP contribution < -0.4 is 15.0 Å². The van der Waals surface area contributed by atoms with Crippen LogP contribution in [0.4, 0.5) is 5.82 Å². The van der Waals surface area contributed by atoms with Crippen molar-refractivity contribution in [3.63, 3.8) is 0 Å². The molecule has 0 amide bonds. The quantitative estimate of drug-likeness (QED) is 0.695. The van der Waals surface area contributed by atoms with E-state index in [1.807, 2.05) is 43.3 Å². The number of hydrogen-bond acceptors (Lipinski definition) is 6. The molecule has 0 aliphatic heterocycles. The van der Waals surface area contributed by atoms with Crippen molar-refractivity contribution in [2.75, 3.05) is 26.1 Å². The third-order valence-corrected chi connectivity index (χ3v) is 4.26. The van der Waals surface area contributed by atoms with Gasteiger partial charge in [-0.15, -0.1) is 0 Å². The smallest absolute Gasteiger partial charge is 0.163 e. The number of nitrogens with one attached hydrogen (secondary N) is 1. The summed E-state index contributed by atoms with van der Waals surface area (Å²) in [5.74, 6) is 2.48. The molecular formula is C21H25N5O. The fraction of sp³-hybridized carbons (Fsp3) is 0.286. The molecule has 6 nitrogen and oxygen atoms in total. The van der Waals surface area contributed by atoms with Crippen molar-refractivity contribution in [2.45, 2.75) is 20.0 Å². The van der Waals surface area contributed by atoms with Crippen molar-refractivity contribution in [3.8, 4) is 17.1 Å². The van der Waals surface area contributed by atoms with E-state index < -0.39 is 0 Å². The Morgan fingerprint density at radius 3 is 2.63 bits per heavy atom. The third kappa shape index (κ3) is 4.60. The Labute approximate surface area is 160 Å². The zero-order valence-electron chi connectivity index (χ0n) is 16.2. The SMILES string of the molecule is COc1c(C)cccc1CNCc1cc(N(C)C)nc(-c2cccnc2)n1. The van der Waals surface area contributed by atoms with Gasteiger partial charge in [-0.05, 0) is 24.6 Å². The number of pyridine rings is 1. The second kappa shape index (κ2) is 8.60. The molecule has 0 fully saturated rings. The van der Waals surface area contributed by atoms with Crippen LogP contribution in [0.3, 0.4) is 0 Å². The third-order valence-electron chi connectivity index (χ3n) is 4.26. The molecule has 0 saturated carbocycles. The first-order valence-electron chi connectivity index (χ1n) is 8.87. The maximum atomic E-state index is 5.53. The molecule has 0 atom stereocenters. The van der Waals surface area contributed by atoms with E-state index in [1.165, 1.54) is 0 Å². The minimum atomic E-state index is 0.633. The number of anilines is 1. The Bertz CT molecular complexity index is 896. The van der Waals surface area contributed by atoms with Gasteiger partial charge in [0.2, 0.25) is 0 Å². The fourth-order valence-electron chi connectivity index (χ4n) is 2.90. The molecule has 1 aromatic carbocycles. The number of benzene rings is 1. The second-order valence-electron chi connectivity index (χ2n) is 6.55. The average Bonchev–Trinajstić information content (AvgIpc) is 2.68. The molecule has 0 aliphatic rings. The maximum Gasteiger partial charge on any atom is 0.163 e. The summed E-state index contributed by atoms with van der Waals surface area (Å²) in [6, 6.07) is 12.0. The van der Waals surface area contributed by atoms with Gasteiger partial charge in [0, 0.05) is 56.8 Å². The zero-order valence-corrected chi connectivity index (χ0v) is 16.2. The summed E-state index contributed by atoms with van der Waals surface area (Å²) in [6.45, 7) is 3.39. The highest BCUT2D eigenvalue weighted by atomic mass is 16.5. The Hall–Kier alpha value is -2.99. The van der Waals surface area contributed by atoms with E-state index >= 15 is 0 Å². The van der Waals surface area contributed by atoms with Crippen LogP contribution >= 0.6 is 0 Å². The summed E-state index contributed by atoms with van der Waals surface area (Å²) in [5, 5.41) is 3.46. The lowest BCUT2D eigenvalue weighted by molar-refractivity contribution is 0.404. The fourth-order valence-corrected chi connectivity index (χ4v) is 2.90. The largest absolute Gasteiger partial charge is 0.496 e. The van der Waals surface area contributed by atoms with Crippen LogP contribution in [0.15, 0.2) is 48.8 Å². The summed E-state index contributed by atoms with van der Waals surface area (Å²) < 4.78 is 5.53. The molecule has 0 radical (unpaired) electrons. The van der Waals surface area contributed by atoms with Gasteiger partial charge >= 0.3 is 0 Å². The first-order chi connectivity index (χ1) is 13.1. The first kappa shape index (κ1) is 18.8. The van der Waals surface area contributed by atoms with E-state index in [-0.39, 0.29) is 0 Å². The van der Waals surface area contributed by atoms with Crippen LogP contribution in [0.1, 0.15) is 16.8 Å². The molecule has 6 heteroatoms. The molecule has 3 rings (SSSR count). The molecule has 0 saturated heterocycles. The van der Waals surface area contributed by atoms with Gasteiger partial charge in [-0.3, -0.25) is 4.98 Å². The number of ether oxygens (including phenoxy) is 1. The molecular weight excluding hydrogens is 338 g/mol. The van der Waals surface area contributed by atoms with Crippen LogP contribution in [0.25, 0.3) is 11.4 Å². The van der Waals surface area contributed by atoms with Crippen LogP contribution in [0.2, 0.25) is 0 Å². The lowest BCUT2D eigenvalue weighted by Crippen LogP contribution is -2.17. The number of para-hydroxylation sites is 1. The van der Waals surface area contributed by atoms with E-state index in [4.69, 9.17) is 9.72 Å². The number of hydrogen-bond donors (Lipinski definition) is 1. The van der Waals surface area contributed by atoms with E-state index in [9.17, 15) is 0 Å². The van der Waals surface area contributed by atoms with Gasteiger partial charge in [-0.1, -0.05) is 18.2 Å². The second-order valence-corrected chi connectivity index (χ2v) is 6.55. The zero-order chi connectivity index (χ0) is 19.2. The molecule has 0 spiro atoms. The van der Waals surface area contributed by atoms with Crippen molar-refractivity contribution >= 4 is 5.82 Å². The average molecular weight is 363 g/mol. The Morgan fingerprint density at radius 2 is 1.93 bits per heavy atom. The predicted octanol–water partition coefficient (Wildman–Crippen LogP) is 3.21. The molecule has 0 aliphatic carbocycles. The van der Waals surface area contributed by atoms with Gasteiger partial charge in [-0.2, -0.15) is 0 Å². The molecule has 2 heterocycles. The minimum Gasteiger partial charge on any atom is -0.496 e. The highest BCUT2D eigenvalue weighted by molar-refractivity contribution is 5.56. The lowest BCUT2D eigenvalue weighted by atomic mass is 10.1. The molecule has 3 aromatic rings. The van der Waals surface area contributed by atoms with E-state index in [0.717, 1.165) is 34.0 Å². The van der Waals surface area contributed by atoms with Crippen molar-refractivity contribution in [1.29, 1.82) is 0 Å². The van der Waals surface area contributed by atoms with Gasteiger partial charge in [0.1, 0.15) is 11.6 Å². The molecule has 0 bridgehead atoms. The molecule has 0 unspecified atom stereocenters. The van der Waals surface area contributed by atoms with Crippen LogP contribution in [-0.4, -0.2) is 36.2 Å².